The fourth-order valence-corrected chi connectivity index (χ4v) is 2.84. The van der Waals surface area contributed by atoms with Crippen LogP contribution >= 0.6 is 11.3 Å². The Hall–Kier alpha value is -2.15. The second kappa shape index (κ2) is 9.09. The highest BCUT2D eigenvalue weighted by Crippen LogP contribution is 2.13. The number of thiazole rings is 1. The number of nitrogens with zero attached hydrogens (tertiary/aromatic N) is 3. The maximum atomic E-state index is 5.12. The summed E-state index contributed by atoms with van der Waals surface area (Å²) < 4.78 is 5.12. The van der Waals surface area contributed by atoms with E-state index in [0.29, 0.717) is 12.4 Å². The van der Waals surface area contributed by atoms with Gasteiger partial charge in [0.15, 0.2) is 5.96 Å². The zero-order chi connectivity index (χ0) is 16.5. The first-order chi connectivity index (χ1) is 11.2. The van der Waals surface area contributed by atoms with Crippen molar-refractivity contribution in [2.24, 2.45) is 4.99 Å². The van der Waals surface area contributed by atoms with Gasteiger partial charge in [-0.1, -0.05) is 13.0 Å². The first-order valence-corrected chi connectivity index (χ1v) is 8.44. The molecule has 2 rings (SSSR count). The van der Waals surface area contributed by atoms with Gasteiger partial charge in [-0.05, 0) is 12.5 Å². The van der Waals surface area contributed by atoms with Crippen LogP contribution in [0.3, 0.4) is 0 Å². The smallest absolute Gasteiger partial charge is 0.213 e. The average molecular weight is 333 g/mol. The number of rotatable bonds is 7. The third-order valence-corrected chi connectivity index (χ3v) is 4.43. The summed E-state index contributed by atoms with van der Waals surface area (Å²) in [5.41, 5.74) is 0.903. The lowest BCUT2D eigenvalue weighted by molar-refractivity contribution is 0.396. The molecule has 0 aliphatic carbocycles. The van der Waals surface area contributed by atoms with Gasteiger partial charge in [0, 0.05) is 37.2 Å². The molecule has 7 heteroatoms. The minimum atomic E-state index is 0.591. The number of aliphatic imine (C=N–C) groups is 1. The fraction of sp³-hybridized carbons (Fsp3) is 0.438. The monoisotopic (exact) mass is 333 g/mol. The zero-order valence-electron chi connectivity index (χ0n) is 13.8. The number of methoxy groups -OCH3 is 1. The molecule has 2 N–H and O–H groups in total. The summed E-state index contributed by atoms with van der Waals surface area (Å²) in [6, 6.07) is 5.70. The molecule has 2 heterocycles. The molecule has 0 aliphatic heterocycles. The van der Waals surface area contributed by atoms with Gasteiger partial charge in [-0.25, -0.2) is 9.97 Å². The first-order valence-electron chi connectivity index (χ1n) is 7.63. The molecule has 0 saturated heterocycles. The van der Waals surface area contributed by atoms with E-state index in [4.69, 9.17) is 4.74 Å². The lowest BCUT2D eigenvalue weighted by Gasteiger charge is -2.11. The summed E-state index contributed by atoms with van der Waals surface area (Å²) in [4.78, 5) is 14.3. The van der Waals surface area contributed by atoms with E-state index in [-0.39, 0.29) is 0 Å². The van der Waals surface area contributed by atoms with Crippen LogP contribution in [0.25, 0.3) is 0 Å². The molecule has 2 aromatic rings. The molecule has 0 aromatic carbocycles. The van der Waals surface area contributed by atoms with Crippen molar-refractivity contribution in [2.75, 3.05) is 20.7 Å². The number of aryl methyl sites for hydroxylation is 1. The predicted octanol–water partition coefficient (Wildman–Crippen LogP) is 2.02. The molecule has 2 aromatic heterocycles. The van der Waals surface area contributed by atoms with Crippen LogP contribution in [0.4, 0.5) is 0 Å². The van der Waals surface area contributed by atoms with Crippen molar-refractivity contribution in [1.29, 1.82) is 0 Å². The van der Waals surface area contributed by atoms with Crippen LogP contribution in [-0.2, 0) is 19.4 Å². The molecule has 0 radical (unpaired) electrons. The molecule has 6 nitrogen and oxygen atoms in total. The number of hydrogen-bond acceptors (Lipinski definition) is 5. The molecule has 0 unspecified atom stereocenters. The Balaban J connectivity index is 1.76. The molecular weight excluding hydrogens is 310 g/mol. The van der Waals surface area contributed by atoms with Crippen molar-refractivity contribution in [1.82, 2.24) is 20.6 Å². The van der Waals surface area contributed by atoms with Crippen LogP contribution < -0.4 is 15.4 Å². The van der Waals surface area contributed by atoms with E-state index >= 15 is 0 Å². The minimum Gasteiger partial charge on any atom is -0.481 e. The maximum absolute atomic E-state index is 5.12. The largest absolute Gasteiger partial charge is 0.481 e. The third kappa shape index (κ3) is 5.52. The van der Waals surface area contributed by atoms with Crippen LogP contribution in [-0.4, -0.2) is 36.6 Å². The quantitative estimate of drug-likeness (QED) is 0.599. The molecule has 23 heavy (non-hydrogen) atoms. The summed E-state index contributed by atoms with van der Waals surface area (Å²) in [5, 5.41) is 7.69. The van der Waals surface area contributed by atoms with E-state index in [1.54, 1.807) is 25.5 Å². The van der Waals surface area contributed by atoms with Gasteiger partial charge in [0.25, 0.3) is 0 Å². The number of ether oxygens (including phenoxy) is 1. The SMILES string of the molecule is CCc1cnc(CCNC(=NC)NCc2cccc(OC)n2)s1. The van der Waals surface area contributed by atoms with Crippen molar-refractivity contribution in [3.63, 3.8) is 0 Å². The predicted molar refractivity (Wildman–Crippen MR) is 94.2 cm³/mol. The van der Waals surface area contributed by atoms with Gasteiger partial charge < -0.3 is 15.4 Å². The molecular formula is C16H23N5OS. The number of hydrogen-bond donors (Lipinski definition) is 2. The fourth-order valence-electron chi connectivity index (χ4n) is 1.98. The van der Waals surface area contributed by atoms with E-state index in [1.807, 2.05) is 24.4 Å². The summed E-state index contributed by atoms with van der Waals surface area (Å²) >= 11 is 1.77. The van der Waals surface area contributed by atoms with Crippen molar-refractivity contribution in [3.8, 4) is 5.88 Å². The average Bonchev–Trinajstić information content (AvgIpc) is 3.06. The molecule has 0 saturated carbocycles. The highest BCUT2D eigenvalue weighted by molar-refractivity contribution is 7.11. The van der Waals surface area contributed by atoms with Gasteiger partial charge in [0.2, 0.25) is 5.88 Å². The lowest BCUT2D eigenvalue weighted by Crippen LogP contribution is -2.38. The molecule has 0 amide bonds. The standard InChI is InChI=1S/C16H23N5OS/c1-4-13-11-19-15(23-13)8-9-18-16(17-2)20-10-12-6-5-7-14(21-12)22-3/h5-7,11H,4,8-10H2,1-3H3,(H2,17,18,20). The topological polar surface area (TPSA) is 71.4 Å². The second-order valence-corrected chi connectivity index (χ2v) is 6.05. The Morgan fingerprint density at radius 3 is 2.91 bits per heavy atom. The molecule has 0 atom stereocenters. The lowest BCUT2D eigenvalue weighted by atomic mass is 10.3. The highest BCUT2D eigenvalue weighted by Gasteiger charge is 2.03. The molecule has 124 valence electrons. The summed E-state index contributed by atoms with van der Waals surface area (Å²) in [6.45, 7) is 3.53. The summed E-state index contributed by atoms with van der Waals surface area (Å²) in [6.07, 6.45) is 3.90. The highest BCUT2D eigenvalue weighted by atomic mass is 32.1. The normalized spacial score (nSPS) is 11.3. The second-order valence-electron chi connectivity index (χ2n) is 4.85. The van der Waals surface area contributed by atoms with Crippen molar-refractivity contribution in [2.45, 2.75) is 26.3 Å². The molecule has 0 fully saturated rings. The minimum absolute atomic E-state index is 0.591. The van der Waals surface area contributed by atoms with E-state index in [1.165, 1.54) is 4.88 Å². The molecule has 0 aliphatic rings. The maximum Gasteiger partial charge on any atom is 0.213 e. The Morgan fingerprint density at radius 1 is 1.35 bits per heavy atom. The summed E-state index contributed by atoms with van der Waals surface area (Å²) in [5.74, 6) is 1.37. The van der Waals surface area contributed by atoms with Crippen LogP contribution in [0.5, 0.6) is 5.88 Å². The van der Waals surface area contributed by atoms with Gasteiger partial charge in [0.1, 0.15) is 0 Å². The van der Waals surface area contributed by atoms with Crippen molar-refractivity contribution in [3.05, 3.63) is 40.0 Å². The van der Waals surface area contributed by atoms with Gasteiger partial charge >= 0.3 is 0 Å². The molecule has 0 bridgehead atoms. The Bertz CT molecular complexity index is 641. The van der Waals surface area contributed by atoms with Crippen molar-refractivity contribution < 1.29 is 4.74 Å². The Labute approximate surface area is 141 Å². The van der Waals surface area contributed by atoms with Crippen LogP contribution in [0, 0.1) is 0 Å². The van der Waals surface area contributed by atoms with Gasteiger partial charge in [-0.15, -0.1) is 11.3 Å². The van der Waals surface area contributed by atoms with E-state index < -0.39 is 0 Å². The number of aromatic nitrogens is 2. The van der Waals surface area contributed by atoms with E-state index in [2.05, 4.69) is 32.5 Å². The van der Waals surface area contributed by atoms with Crippen LogP contribution in [0.1, 0.15) is 22.5 Å². The van der Waals surface area contributed by atoms with E-state index in [9.17, 15) is 0 Å². The van der Waals surface area contributed by atoms with Crippen LogP contribution in [0.15, 0.2) is 29.4 Å². The van der Waals surface area contributed by atoms with Crippen LogP contribution in [0.2, 0.25) is 0 Å². The number of guanidine groups is 1. The van der Waals surface area contributed by atoms with Gasteiger partial charge in [-0.3, -0.25) is 4.99 Å². The Morgan fingerprint density at radius 2 is 2.22 bits per heavy atom. The Kier molecular flexibility index (Phi) is 6.80. The zero-order valence-corrected chi connectivity index (χ0v) is 14.6. The summed E-state index contributed by atoms with van der Waals surface area (Å²) in [7, 11) is 3.37. The first kappa shape index (κ1) is 17.2. The van der Waals surface area contributed by atoms with Gasteiger partial charge in [-0.2, -0.15) is 0 Å². The van der Waals surface area contributed by atoms with Crippen molar-refractivity contribution >= 4 is 17.3 Å². The van der Waals surface area contributed by atoms with Gasteiger partial charge in [0.05, 0.1) is 24.4 Å². The number of pyridine rings is 1. The number of nitrogens with one attached hydrogen (secondary N) is 2. The third-order valence-electron chi connectivity index (χ3n) is 3.23. The van der Waals surface area contributed by atoms with E-state index in [0.717, 1.165) is 36.0 Å². The molecule has 0 spiro atoms.